The predicted molar refractivity (Wildman–Crippen MR) is 85.5 cm³/mol. The first-order valence-corrected chi connectivity index (χ1v) is 8.11. The Morgan fingerprint density at radius 1 is 1.43 bits per heavy atom. The van der Waals surface area contributed by atoms with Crippen molar-refractivity contribution in [3.63, 3.8) is 0 Å². The lowest BCUT2D eigenvalue weighted by Gasteiger charge is -2.17. The summed E-state index contributed by atoms with van der Waals surface area (Å²) < 4.78 is 6.59. The van der Waals surface area contributed by atoms with Gasteiger partial charge in [0.05, 0.1) is 0 Å². The minimum Gasteiger partial charge on any atom is -0.623 e. The summed E-state index contributed by atoms with van der Waals surface area (Å²) in [6.45, 7) is 7.00. The van der Waals surface area contributed by atoms with Crippen molar-refractivity contribution in [2.24, 2.45) is 0 Å². The van der Waals surface area contributed by atoms with Gasteiger partial charge in [-0.1, -0.05) is 0 Å². The number of nitrogens with one attached hydrogen (secondary N) is 1. The summed E-state index contributed by atoms with van der Waals surface area (Å²) in [5, 5.41) is 19.4. The van der Waals surface area contributed by atoms with Crippen molar-refractivity contribution in [3.05, 3.63) is 45.7 Å². The summed E-state index contributed by atoms with van der Waals surface area (Å²) in [5.41, 5.74) is 0.292. The fraction of sp³-hybridized carbons (Fsp3) is 0.333. The molecule has 1 N–H and O–H groups in total. The lowest BCUT2D eigenvalue weighted by molar-refractivity contribution is -0.530. The number of furan rings is 1. The quantitative estimate of drug-likeness (QED) is 0.297. The van der Waals surface area contributed by atoms with Gasteiger partial charge in [-0.2, -0.15) is 10.9 Å². The number of carbonyl (C=O) groups excluding carboxylic acids is 1. The van der Waals surface area contributed by atoms with Gasteiger partial charge in [0.15, 0.2) is 11.3 Å². The first-order valence-electron chi connectivity index (χ1n) is 6.63. The Hall–Kier alpha value is -1.95. The van der Waals surface area contributed by atoms with Gasteiger partial charge in [-0.15, -0.1) is 0 Å². The van der Waals surface area contributed by atoms with E-state index in [2.05, 4.69) is 5.32 Å². The minimum atomic E-state index is -0.707. The van der Waals surface area contributed by atoms with E-state index in [-0.39, 0.29) is 5.91 Å². The molecule has 0 saturated carbocycles. The second-order valence-corrected chi connectivity index (χ2v) is 7.60. The van der Waals surface area contributed by atoms with E-state index in [1.54, 1.807) is 6.07 Å². The molecule has 2 heterocycles. The molecule has 1 aliphatic heterocycles. The molecule has 0 aliphatic carbocycles. The second-order valence-electron chi connectivity index (χ2n) is 5.79. The normalized spacial score (nSPS) is 20.5. The van der Waals surface area contributed by atoms with Crippen molar-refractivity contribution in [2.45, 2.75) is 38.3 Å². The van der Waals surface area contributed by atoms with Gasteiger partial charge >= 0.3 is 0 Å². The van der Waals surface area contributed by atoms with Crippen LogP contribution in [0.5, 0.6) is 0 Å². The molecule has 0 saturated heterocycles. The van der Waals surface area contributed by atoms with Gasteiger partial charge in [0.1, 0.15) is 5.09 Å². The van der Waals surface area contributed by atoms with E-state index in [4.69, 9.17) is 4.42 Å². The van der Waals surface area contributed by atoms with Crippen LogP contribution < -0.4 is 5.32 Å². The van der Waals surface area contributed by atoms with Crippen molar-refractivity contribution < 1.29 is 14.0 Å². The average Bonchev–Trinajstić information content (AvgIpc) is 2.96. The molecule has 1 unspecified atom stereocenters. The van der Waals surface area contributed by atoms with Crippen LogP contribution in [0.25, 0.3) is 0 Å². The number of allylic oxidation sites excluding steroid dienone is 1. The van der Waals surface area contributed by atoms with Crippen LogP contribution in [0.1, 0.15) is 33.5 Å². The highest BCUT2D eigenvalue weighted by atomic mass is 32.2. The molecule has 114 valence electrons. The Balaban J connectivity index is 2.13. The number of hydrogen-bond donors (Lipinski definition) is 2. The van der Waals surface area contributed by atoms with Crippen molar-refractivity contribution in [1.29, 1.82) is 0 Å². The maximum absolute atomic E-state index is 11.9. The van der Waals surface area contributed by atoms with E-state index < -0.39 is 16.4 Å². The average molecular weight is 308 g/mol. The van der Waals surface area contributed by atoms with Crippen LogP contribution >= 0.6 is 10.9 Å². The highest BCUT2D eigenvalue weighted by molar-refractivity contribution is 8.22. The second kappa shape index (κ2) is 5.81. The first-order chi connectivity index (χ1) is 9.75. The maximum atomic E-state index is 11.9. The number of rotatable bonds is 3. The summed E-state index contributed by atoms with van der Waals surface area (Å²) in [6.07, 6.45) is 3.32. The molecule has 1 aromatic rings. The van der Waals surface area contributed by atoms with Crippen molar-refractivity contribution in [2.75, 3.05) is 0 Å². The summed E-state index contributed by atoms with van der Waals surface area (Å²) in [5.74, 6) is 0.440. The van der Waals surface area contributed by atoms with Gasteiger partial charge in [0, 0.05) is 33.4 Å². The van der Waals surface area contributed by atoms with Gasteiger partial charge in [0.2, 0.25) is 12.1 Å². The number of carbonyl (C=O) groups is 1. The predicted octanol–water partition coefficient (Wildman–Crippen LogP) is 2.87. The molecule has 1 aromatic heterocycles. The molecule has 0 spiro atoms. The summed E-state index contributed by atoms with van der Waals surface area (Å²) in [6, 6.07) is 3.65. The number of nitrogens with zero attached hydrogens (tertiary/aromatic N) is 1. The molecule has 6 heteroatoms. The monoisotopic (exact) mass is 308 g/mol. The van der Waals surface area contributed by atoms with Gasteiger partial charge in [0.25, 0.3) is 0 Å². The minimum absolute atomic E-state index is 0.0941. The van der Waals surface area contributed by atoms with E-state index in [0.717, 1.165) is 15.5 Å². The molecule has 0 fully saturated rings. The summed E-state index contributed by atoms with van der Waals surface area (Å²) in [4.78, 5) is 11.0. The zero-order chi connectivity index (χ0) is 15.6. The third-order valence-corrected chi connectivity index (χ3v) is 4.56. The van der Waals surface area contributed by atoms with Gasteiger partial charge in [-0.3, -0.25) is 4.79 Å². The highest BCUT2D eigenvalue weighted by Crippen LogP contribution is 2.44. The number of hydroxylamine groups is 1. The highest BCUT2D eigenvalue weighted by Gasteiger charge is 2.19. The standard InChI is InChI=1S/C15H20N2O3S/c1-11(18)16-12-7-8-21(10-12)14-6-5-13(20-14)9-17(19)15(2,3)4/h5-10,21H,1-4H3,(H,16,18). The molecule has 2 rings (SSSR count). The third kappa shape index (κ3) is 4.01. The lowest BCUT2D eigenvalue weighted by Crippen LogP contribution is -2.29. The molecule has 5 nitrogen and oxygen atoms in total. The van der Waals surface area contributed by atoms with Crippen LogP contribution in [0.3, 0.4) is 0 Å². The fourth-order valence-electron chi connectivity index (χ4n) is 1.67. The van der Waals surface area contributed by atoms with E-state index in [0.29, 0.717) is 5.76 Å². The summed E-state index contributed by atoms with van der Waals surface area (Å²) in [7, 11) is -0.707. The molecule has 1 amide bonds. The van der Waals surface area contributed by atoms with Crippen molar-refractivity contribution >= 4 is 23.0 Å². The van der Waals surface area contributed by atoms with E-state index >= 15 is 0 Å². The first kappa shape index (κ1) is 15.4. The van der Waals surface area contributed by atoms with Crippen LogP contribution in [0, 0.1) is 5.21 Å². The van der Waals surface area contributed by atoms with Gasteiger partial charge < -0.3 is 14.9 Å². The topological polar surface area (TPSA) is 68.3 Å². The molecular weight excluding hydrogens is 288 g/mol. The zero-order valence-electron chi connectivity index (χ0n) is 12.6. The largest absolute Gasteiger partial charge is 0.623 e. The molecule has 1 atom stereocenters. The van der Waals surface area contributed by atoms with Crippen molar-refractivity contribution in [1.82, 2.24) is 5.32 Å². The van der Waals surface area contributed by atoms with Crippen LogP contribution in [0.4, 0.5) is 0 Å². The van der Waals surface area contributed by atoms with Crippen LogP contribution in [0.15, 0.2) is 44.2 Å². The fourth-order valence-corrected chi connectivity index (χ4v) is 3.26. The van der Waals surface area contributed by atoms with Crippen LogP contribution in [0.2, 0.25) is 0 Å². The number of amides is 1. The zero-order valence-corrected chi connectivity index (χ0v) is 13.5. The third-order valence-electron chi connectivity index (χ3n) is 2.79. The smallest absolute Gasteiger partial charge is 0.221 e. The number of hydrogen-bond acceptors (Lipinski definition) is 3. The molecule has 0 radical (unpaired) electrons. The molecule has 0 bridgehead atoms. The molecule has 0 aromatic carbocycles. The Morgan fingerprint density at radius 2 is 2.14 bits per heavy atom. The SMILES string of the molecule is CC(=O)NC1=C[SH](c2ccc(C=[N+]([O-])C(C)(C)C)o2)C=C1. The van der Waals surface area contributed by atoms with Gasteiger partial charge in [-0.05, 0) is 29.0 Å². The summed E-state index contributed by atoms with van der Waals surface area (Å²) >= 11 is 0. The maximum Gasteiger partial charge on any atom is 0.221 e. The molecule has 21 heavy (non-hydrogen) atoms. The van der Waals surface area contributed by atoms with E-state index in [1.807, 2.05) is 43.7 Å². The number of thiol groups is 1. The van der Waals surface area contributed by atoms with Gasteiger partial charge in [-0.25, -0.2) is 4.74 Å². The Morgan fingerprint density at radius 3 is 2.76 bits per heavy atom. The van der Waals surface area contributed by atoms with E-state index in [9.17, 15) is 10.0 Å². The Kier molecular flexibility index (Phi) is 4.27. The van der Waals surface area contributed by atoms with Crippen molar-refractivity contribution in [3.8, 4) is 0 Å². The Bertz CT molecular complexity index is 636. The van der Waals surface area contributed by atoms with Crippen LogP contribution in [-0.2, 0) is 4.79 Å². The van der Waals surface area contributed by atoms with Crippen LogP contribution in [-0.4, -0.2) is 22.4 Å². The molecule has 1 aliphatic rings. The Labute approximate surface area is 127 Å². The molecular formula is C15H20N2O3S. The van der Waals surface area contributed by atoms with E-state index in [1.165, 1.54) is 13.1 Å². The lowest BCUT2D eigenvalue weighted by atomic mass is 10.1.